The molecule has 0 N–H and O–H groups in total. The number of sulfone groups is 1. The van der Waals surface area contributed by atoms with Gasteiger partial charge in [-0.25, -0.2) is 8.42 Å². The van der Waals surface area contributed by atoms with E-state index in [1.54, 1.807) is 0 Å². The van der Waals surface area contributed by atoms with E-state index in [0.717, 1.165) is 19.1 Å². The quantitative estimate of drug-likeness (QED) is 0.451. The van der Waals surface area contributed by atoms with Gasteiger partial charge < -0.3 is 4.79 Å². The average molecular weight is 289 g/mol. The number of Topliss-reactive ketones (excluding diaryl/α,β-unsaturated/α-hetero) is 1. The number of nitrogens with zero attached hydrogens (tertiary/aromatic N) is 1. The van der Waals surface area contributed by atoms with Crippen LogP contribution in [0.15, 0.2) is 35.2 Å². The highest BCUT2D eigenvalue weighted by Gasteiger charge is 2.57. The second-order valence-electron chi connectivity index (χ2n) is 3.96. The Hall–Kier alpha value is -1.83. The highest BCUT2D eigenvalue weighted by molar-refractivity contribution is 7.92. The van der Waals surface area contributed by atoms with Crippen LogP contribution in [0.4, 0.5) is 4.39 Å². The SMILES string of the molecule is CC(=O)CCC(F)([N+](=O)[O-])S(=O)(=O)c1ccccc1. The molecule has 1 rings (SSSR count). The van der Waals surface area contributed by atoms with Crippen LogP contribution >= 0.6 is 0 Å². The molecule has 0 saturated heterocycles. The van der Waals surface area contributed by atoms with Crippen LogP contribution in [-0.4, -0.2) is 24.2 Å². The summed E-state index contributed by atoms with van der Waals surface area (Å²) < 4.78 is 38.3. The molecule has 0 aliphatic carbocycles. The Bertz CT molecular complexity index is 586. The summed E-state index contributed by atoms with van der Waals surface area (Å²) in [7, 11) is -4.81. The van der Waals surface area contributed by atoms with Crippen molar-refractivity contribution >= 4 is 15.6 Å². The van der Waals surface area contributed by atoms with Crippen molar-refractivity contribution in [3.05, 3.63) is 40.4 Å². The molecule has 0 amide bonds. The number of nitro groups is 1. The summed E-state index contributed by atoms with van der Waals surface area (Å²) in [5.74, 6) is -0.521. The Morgan fingerprint density at radius 2 is 1.89 bits per heavy atom. The molecule has 19 heavy (non-hydrogen) atoms. The van der Waals surface area contributed by atoms with E-state index >= 15 is 0 Å². The molecule has 104 valence electrons. The lowest BCUT2D eigenvalue weighted by atomic mass is 10.2. The summed E-state index contributed by atoms with van der Waals surface area (Å²) >= 11 is 0. The van der Waals surface area contributed by atoms with Gasteiger partial charge in [0.2, 0.25) is 0 Å². The lowest BCUT2D eigenvalue weighted by molar-refractivity contribution is -0.574. The van der Waals surface area contributed by atoms with Gasteiger partial charge in [-0.05, 0) is 19.1 Å². The molecule has 1 aromatic carbocycles. The van der Waals surface area contributed by atoms with Crippen molar-refractivity contribution < 1.29 is 22.5 Å². The molecule has 6 nitrogen and oxygen atoms in total. The minimum atomic E-state index is -4.81. The third kappa shape index (κ3) is 2.95. The van der Waals surface area contributed by atoms with Gasteiger partial charge in [-0.2, -0.15) is 4.39 Å². The Morgan fingerprint density at radius 1 is 1.37 bits per heavy atom. The fraction of sp³-hybridized carbons (Fsp3) is 0.364. The molecular formula is C11H12FNO5S. The van der Waals surface area contributed by atoms with E-state index in [-0.39, 0.29) is 0 Å². The second-order valence-corrected chi connectivity index (χ2v) is 6.07. The topological polar surface area (TPSA) is 94.3 Å². The first kappa shape index (κ1) is 15.2. The minimum Gasteiger partial charge on any atom is -0.300 e. The Kier molecular flexibility index (Phi) is 4.35. The van der Waals surface area contributed by atoms with Crippen LogP contribution in [0.25, 0.3) is 0 Å². The summed E-state index contributed by atoms with van der Waals surface area (Å²) in [5, 5.41) is 7.10. The predicted octanol–water partition coefficient (Wildman–Crippen LogP) is 1.73. The molecule has 0 saturated carbocycles. The second kappa shape index (κ2) is 5.43. The maximum atomic E-state index is 14.3. The molecule has 1 unspecified atom stereocenters. The zero-order chi connectivity index (χ0) is 14.7. The molecule has 1 atom stereocenters. The van der Waals surface area contributed by atoms with Crippen molar-refractivity contribution in [2.24, 2.45) is 0 Å². The molecule has 0 aromatic heterocycles. The van der Waals surface area contributed by atoms with Gasteiger partial charge in [0.15, 0.2) is 0 Å². The molecule has 0 heterocycles. The van der Waals surface area contributed by atoms with Gasteiger partial charge in [0.1, 0.15) is 5.78 Å². The zero-order valence-electron chi connectivity index (χ0n) is 10.1. The average Bonchev–Trinajstić information content (AvgIpc) is 2.36. The predicted molar refractivity (Wildman–Crippen MR) is 64.4 cm³/mol. The first-order valence-electron chi connectivity index (χ1n) is 5.34. The third-order valence-corrected chi connectivity index (χ3v) is 4.59. The molecular weight excluding hydrogens is 277 g/mol. The summed E-state index contributed by atoms with van der Waals surface area (Å²) in [6.45, 7) is 1.11. The van der Waals surface area contributed by atoms with E-state index in [1.807, 2.05) is 0 Å². The van der Waals surface area contributed by atoms with Crippen molar-refractivity contribution in [2.75, 3.05) is 0 Å². The van der Waals surface area contributed by atoms with E-state index < -0.39 is 43.4 Å². The number of carbonyl (C=O) groups is 1. The van der Waals surface area contributed by atoms with Crippen molar-refractivity contribution in [1.29, 1.82) is 0 Å². The van der Waals surface area contributed by atoms with Gasteiger partial charge in [-0.15, -0.1) is 0 Å². The zero-order valence-corrected chi connectivity index (χ0v) is 10.9. The minimum absolute atomic E-state index is 0.488. The van der Waals surface area contributed by atoms with Gasteiger partial charge in [0.25, 0.3) is 9.84 Å². The number of carbonyl (C=O) groups excluding carboxylic acids is 1. The Balaban J connectivity index is 3.26. The van der Waals surface area contributed by atoms with Crippen LogP contribution in [0.2, 0.25) is 0 Å². The first-order valence-corrected chi connectivity index (χ1v) is 6.82. The van der Waals surface area contributed by atoms with Gasteiger partial charge in [0.05, 0.1) is 16.2 Å². The Labute approximate surface area is 109 Å². The molecule has 0 spiro atoms. The van der Waals surface area contributed by atoms with Crippen LogP contribution in [0, 0.1) is 10.1 Å². The number of benzene rings is 1. The van der Waals surface area contributed by atoms with Crippen molar-refractivity contribution in [1.82, 2.24) is 0 Å². The fourth-order valence-electron chi connectivity index (χ4n) is 1.43. The molecule has 0 aliphatic heterocycles. The first-order chi connectivity index (χ1) is 8.72. The van der Waals surface area contributed by atoms with Gasteiger partial charge in [0, 0.05) is 6.42 Å². The lowest BCUT2D eigenvalue weighted by Crippen LogP contribution is -2.42. The van der Waals surface area contributed by atoms with E-state index in [4.69, 9.17) is 0 Å². The van der Waals surface area contributed by atoms with Gasteiger partial charge in [-0.1, -0.05) is 18.2 Å². The highest BCUT2D eigenvalue weighted by atomic mass is 32.2. The van der Waals surface area contributed by atoms with Crippen molar-refractivity contribution in [3.8, 4) is 0 Å². The number of hydrogen-bond donors (Lipinski definition) is 0. The van der Waals surface area contributed by atoms with Crippen molar-refractivity contribution in [2.45, 2.75) is 29.8 Å². The summed E-state index contributed by atoms with van der Waals surface area (Å²) in [6.07, 6.45) is -1.53. The van der Waals surface area contributed by atoms with Gasteiger partial charge in [-0.3, -0.25) is 10.1 Å². The molecule has 0 aliphatic rings. The molecule has 1 aromatic rings. The van der Waals surface area contributed by atoms with Crippen molar-refractivity contribution in [3.63, 3.8) is 0 Å². The van der Waals surface area contributed by atoms with E-state index in [2.05, 4.69) is 0 Å². The summed E-state index contributed by atoms with van der Waals surface area (Å²) in [4.78, 5) is 19.6. The normalized spacial score (nSPS) is 14.6. The van der Waals surface area contributed by atoms with Crippen LogP contribution in [-0.2, 0) is 14.6 Å². The van der Waals surface area contributed by atoms with Crippen LogP contribution in [0.1, 0.15) is 19.8 Å². The maximum absolute atomic E-state index is 14.3. The number of ketones is 1. The van der Waals surface area contributed by atoms with Crippen LogP contribution < -0.4 is 0 Å². The third-order valence-electron chi connectivity index (χ3n) is 2.52. The lowest BCUT2D eigenvalue weighted by Gasteiger charge is -2.16. The number of hydrogen-bond acceptors (Lipinski definition) is 5. The fourth-order valence-corrected chi connectivity index (χ4v) is 2.88. The smallest absolute Gasteiger partial charge is 0.300 e. The molecule has 0 bridgehead atoms. The highest BCUT2D eigenvalue weighted by Crippen LogP contribution is 2.32. The summed E-state index contributed by atoms with van der Waals surface area (Å²) in [6, 6.07) is 6.30. The monoisotopic (exact) mass is 289 g/mol. The maximum Gasteiger partial charge on any atom is 0.462 e. The molecule has 0 radical (unpaired) electrons. The van der Waals surface area contributed by atoms with Crippen LogP contribution in [0.5, 0.6) is 0 Å². The number of rotatable bonds is 6. The molecule has 8 heteroatoms. The standard InChI is InChI=1S/C11H12FNO5S/c1-9(14)7-8-11(12,13(15)16)19(17,18)10-5-3-2-4-6-10/h2-6H,7-8H2,1H3. The molecule has 0 fully saturated rings. The van der Waals surface area contributed by atoms with Crippen LogP contribution in [0.3, 0.4) is 0 Å². The van der Waals surface area contributed by atoms with E-state index in [1.165, 1.54) is 18.2 Å². The Morgan fingerprint density at radius 3 is 2.32 bits per heavy atom. The van der Waals surface area contributed by atoms with Gasteiger partial charge >= 0.3 is 5.12 Å². The number of alkyl halides is 1. The number of halogens is 1. The van der Waals surface area contributed by atoms with E-state index in [0.29, 0.717) is 0 Å². The summed E-state index contributed by atoms with van der Waals surface area (Å²) in [5.41, 5.74) is 0. The van der Waals surface area contributed by atoms with E-state index in [9.17, 15) is 27.7 Å². The largest absolute Gasteiger partial charge is 0.462 e.